The highest BCUT2D eigenvalue weighted by Gasteiger charge is 2.29. The molecule has 7 heteroatoms. The van der Waals surface area contributed by atoms with Crippen molar-refractivity contribution in [2.75, 3.05) is 19.7 Å². The number of rotatable bonds is 2. The van der Waals surface area contributed by atoms with Crippen LogP contribution in [0.15, 0.2) is 41.0 Å². The fourth-order valence-electron chi connectivity index (χ4n) is 2.61. The Morgan fingerprint density at radius 2 is 2.30 bits per heavy atom. The molecule has 0 N–H and O–H groups in total. The molecule has 1 aliphatic rings. The summed E-state index contributed by atoms with van der Waals surface area (Å²) >= 11 is 7.36. The van der Waals surface area contributed by atoms with Gasteiger partial charge < -0.3 is 14.1 Å². The molecule has 118 valence electrons. The van der Waals surface area contributed by atoms with Crippen LogP contribution in [-0.2, 0) is 4.74 Å². The summed E-state index contributed by atoms with van der Waals surface area (Å²) in [5.74, 6) is 0.653. The second kappa shape index (κ2) is 5.96. The van der Waals surface area contributed by atoms with Crippen LogP contribution in [0.5, 0.6) is 0 Å². The molecule has 0 spiro atoms. The molecule has 3 heterocycles. The summed E-state index contributed by atoms with van der Waals surface area (Å²) in [6.07, 6.45) is 1.38. The second-order valence-electron chi connectivity index (χ2n) is 5.26. The molecule has 1 aromatic carbocycles. The van der Waals surface area contributed by atoms with E-state index in [-0.39, 0.29) is 12.0 Å². The molecule has 4 rings (SSSR count). The molecule has 0 saturated carbocycles. The van der Waals surface area contributed by atoms with Crippen LogP contribution in [0.2, 0.25) is 5.02 Å². The largest absolute Gasteiger partial charge is 0.467 e. The summed E-state index contributed by atoms with van der Waals surface area (Å²) in [6.45, 7) is 1.49. The number of nitrogens with zero attached hydrogens (tertiary/aromatic N) is 2. The Bertz CT molecular complexity index is 846. The Labute approximate surface area is 141 Å². The number of morpholine rings is 1. The van der Waals surface area contributed by atoms with Gasteiger partial charge in [-0.3, -0.25) is 4.79 Å². The van der Waals surface area contributed by atoms with Crippen LogP contribution in [0.4, 0.5) is 0 Å². The van der Waals surface area contributed by atoms with Gasteiger partial charge in [-0.15, -0.1) is 11.3 Å². The fourth-order valence-corrected chi connectivity index (χ4v) is 3.69. The Morgan fingerprint density at radius 3 is 3.13 bits per heavy atom. The van der Waals surface area contributed by atoms with Gasteiger partial charge in [0.05, 0.1) is 29.6 Å². The van der Waals surface area contributed by atoms with Crippen LogP contribution < -0.4 is 0 Å². The van der Waals surface area contributed by atoms with Gasteiger partial charge in [-0.2, -0.15) is 0 Å². The number of amides is 1. The molecule has 1 aliphatic heterocycles. The first-order valence-electron chi connectivity index (χ1n) is 7.21. The van der Waals surface area contributed by atoms with Crippen LogP contribution >= 0.6 is 22.9 Å². The van der Waals surface area contributed by atoms with Crippen LogP contribution in [-0.4, -0.2) is 35.5 Å². The van der Waals surface area contributed by atoms with E-state index >= 15 is 0 Å². The van der Waals surface area contributed by atoms with Gasteiger partial charge in [-0.1, -0.05) is 11.6 Å². The number of carbonyl (C=O) groups excluding carboxylic acids is 1. The molecule has 0 aliphatic carbocycles. The number of benzene rings is 1. The first-order valence-corrected chi connectivity index (χ1v) is 8.40. The zero-order chi connectivity index (χ0) is 15.8. The SMILES string of the molecule is O=C(c1nc2cc(Cl)ccc2s1)N1CCOC(c2ccco2)C1. The summed E-state index contributed by atoms with van der Waals surface area (Å²) in [5.41, 5.74) is 0.752. The average molecular weight is 349 g/mol. The van der Waals surface area contributed by atoms with E-state index in [0.717, 1.165) is 16.0 Å². The summed E-state index contributed by atoms with van der Waals surface area (Å²) in [6, 6.07) is 9.14. The van der Waals surface area contributed by atoms with Gasteiger partial charge in [-0.05, 0) is 30.3 Å². The smallest absolute Gasteiger partial charge is 0.283 e. The van der Waals surface area contributed by atoms with E-state index in [0.29, 0.717) is 29.7 Å². The summed E-state index contributed by atoms with van der Waals surface area (Å²) in [4.78, 5) is 18.9. The lowest BCUT2D eigenvalue weighted by Gasteiger charge is -2.31. The first kappa shape index (κ1) is 14.7. The number of furan rings is 1. The van der Waals surface area contributed by atoms with Crippen molar-refractivity contribution in [3.05, 3.63) is 52.4 Å². The number of hydrogen-bond acceptors (Lipinski definition) is 5. The number of carbonyl (C=O) groups is 1. The van der Waals surface area contributed by atoms with Gasteiger partial charge in [0.15, 0.2) is 5.01 Å². The predicted molar refractivity (Wildman–Crippen MR) is 87.9 cm³/mol. The minimum absolute atomic E-state index is 0.0813. The van der Waals surface area contributed by atoms with Gasteiger partial charge in [0.2, 0.25) is 0 Å². The maximum absolute atomic E-state index is 12.7. The van der Waals surface area contributed by atoms with Crippen molar-refractivity contribution in [1.29, 1.82) is 0 Å². The van der Waals surface area contributed by atoms with E-state index in [1.165, 1.54) is 11.3 Å². The fraction of sp³-hybridized carbons (Fsp3) is 0.250. The number of aromatic nitrogens is 1. The monoisotopic (exact) mass is 348 g/mol. The minimum atomic E-state index is -0.230. The molecule has 1 amide bonds. The van der Waals surface area contributed by atoms with Crippen molar-refractivity contribution in [2.24, 2.45) is 0 Å². The number of ether oxygens (including phenoxy) is 1. The lowest BCUT2D eigenvalue weighted by atomic mass is 10.2. The molecule has 0 bridgehead atoms. The Balaban J connectivity index is 1.57. The summed E-state index contributed by atoms with van der Waals surface area (Å²) < 4.78 is 12.0. The van der Waals surface area contributed by atoms with Crippen LogP contribution in [0, 0.1) is 0 Å². The van der Waals surface area contributed by atoms with Crippen LogP contribution in [0.25, 0.3) is 10.2 Å². The van der Waals surface area contributed by atoms with E-state index in [9.17, 15) is 4.79 Å². The molecule has 23 heavy (non-hydrogen) atoms. The first-order chi connectivity index (χ1) is 11.2. The molecule has 1 saturated heterocycles. The molecule has 1 unspecified atom stereocenters. The normalized spacial score (nSPS) is 18.5. The molecule has 2 aromatic heterocycles. The Morgan fingerprint density at radius 1 is 1.39 bits per heavy atom. The maximum Gasteiger partial charge on any atom is 0.283 e. The van der Waals surface area contributed by atoms with E-state index in [2.05, 4.69) is 4.98 Å². The number of thiazole rings is 1. The van der Waals surface area contributed by atoms with Gasteiger partial charge in [-0.25, -0.2) is 4.98 Å². The topological polar surface area (TPSA) is 55.6 Å². The number of hydrogen-bond donors (Lipinski definition) is 0. The van der Waals surface area contributed by atoms with Crippen LogP contribution in [0.3, 0.4) is 0 Å². The van der Waals surface area contributed by atoms with Gasteiger partial charge in [0.25, 0.3) is 5.91 Å². The third kappa shape index (κ3) is 2.85. The van der Waals surface area contributed by atoms with E-state index in [1.807, 2.05) is 18.2 Å². The van der Waals surface area contributed by atoms with E-state index in [1.54, 1.807) is 23.3 Å². The van der Waals surface area contributed by atoms with Crippen LogP contribution in [0.1, 0.15) is 21.7 Å². The average Bonchev–Trinajstić information content (AvgIpc) is 3.23. The zero-order valence-corrected chi connectivity index (χ0v) is 13.6. The molecular weight excluding hydrogens is 336 g/mol. The minimum Gasteiger partial charge on any atom is -0.467 e. The van der Waals surface area contributed by atoms with E-state index < -0.39 is 0 Å². The zero-order valence-electron chi connectivity index (χ0n) is 12.1. The van der Waals surface area contributed by atoms with Crippen molar-refractivity contribution in [2.45, 2.75) is 6.10 Å². The lowest BCUT2D eigenvalue weighted by molar-refractivity contribution is -0.0321. The highest BCUT2D eigenvalue weighted by atomic mass is 35.5. The molecule has 0 radical (unpaired) electrons. The van der Waals surface area contributed by atoms with Gasteiger partial charge >= 0.3 is 0 Å². The number of halogens is 1. The third-order valence-electron chi connectivity index (χ3n) is 3.75. The van der Waals surface area contributed by atoms with Gasteiger partial charge in [0, 0.05) is 11.6 Å². The number of fused-ring (bicyclic) bond motifs is 1. The van der Waals surface area contributed by atoms with Crippen molar-refractivity contribution in [1.82, 2.24) is 9.88 Å². The Hall–Kier alpha value is -1.89. The lowest BCUT2D eigenvalue weighted by Crippen LogP contribution is -2.42. The van der Waals surface area contributed by atoms with Gasteiger partial charge in [0.1, 0.15) is 11.9 Å². The van der Waals surface area contributed by atoms with Crippen molar-refractivity contribution >= 4 is 39.1 Å². The molecular formula is C16H13ClN2O3S. The van der Waals surface area contributed by atoms with E-state index in [4.69, 9.17) is 20.8 Å². The van der Waals surface area contributed by atoms with Crippen molar-refractivity contribution in [3.63, 3.8) is 0 Å². The summed E-state index contributed by atoms with van der Waals surface area (Å²) in [7, 11) is 0. The Kier molecular flexibility index (Phi) is 3.80. The molecule has 1 atom stereocenters. The maximum atomic E-state index is 12.7. The molecule has 5 nitrogen and oxygen atoms in total. The summed E-state index contributed by atoms with van der Waals surface area (Å²) in [5, 5.41) is 1.09. The molecule has 1 fully saturated rings. The molecule has 3 aromatic rings. The standard InChI is InChI=1S/C16H13ClN2O3S/c17-10-3-4-14-11(8-10)18-15(23-14)16(20)19-5-7-22-13(9-19)12-2-1-6-21-12/h1-4,6,8,13H,5,7,9H2. The highest BCUT2D eigenvalue weighted by Crippen LogP contribution is 2.28. The second-order valence-corrected chi connectivity index (χ2v) is 6.72. The van der Waals surface area contributed by atoms with Crippen molar-refractivity contribution in [3.8, 4) is 0 Å². The highest BCUT2D eigenvalue weighted by molar-refractivity contribution is 7.20. The quantitative estimate of drug-likeness (QED) is 0.707. The predicted octanol–water partition coefficient (Wildman–Crippen LogP) is 3.76. The third-order valence-corrected chi connectivity index (χ3v) is 5.01. The van der Waals surface area contributed by atoms with Crippen molar-refractivity contribution < 1.29 is 13.9 Å².